The maximum Gasteiger partial charge on any atom is 0.237 e. The van der Waals surface area contributed by atoms with E-state index in [1.807, 2.05) is 19.9 Å². The summed E-state index contributed by atoms with van der Waals surface area (Å²) >= 11 is 0. The van der Waals surface area contributed by atoms with Crippen molar-refractivity contribution in [1.29, 1.82) is 0 Å². The second-order valence-corrected chi connectivity index (χ2v) is 6.53. The van der Waals surface area contributed by atoms with Gasteiger partial charge in [-0.2, -0.15) is 0 Å². The molecule has 0 radical (unpaired) electrons. The molecule has 0 aromatic heterocycles. The van der Waals surface area contributed by atoms with Crippen LogP contribution in [-0.2, 0) is 17.9 Å². The SMILES string of the molecule is CCCCN(CC)Cc1cccc(CNC(=O)[C@@H](N)C(C)C)c1.Cl. The van der Waals surface area contributed by atoms with Crippen molar-refractivity contribution in [3.8, 4) is 0 Å². The minimum absolute atomic E-state index is 0. The Morgan fingerprint density at radius 3 is 2.50 bits per heavy atom. The highest BCUT2D eigenvalue weighted by atomic mass is 35.5. The Labute approximate surface area is 153 Å². The zero-order chi connectivity index (χ0) is 17.2. The molecular weight excluding hydrogens is 322 g/mol. The van der Waals surface area contributed by atoms with Crippen LogP contribution in [0.3, 0.4) is 0 Å². The lowest BCUT2D eigenvalue weighted by atomic mass is 10.0. The molecule has 0 aliphatic rings. The van der Waals surface area contributed by atoms with E-state index < -0.39 is 6.04 Å². The molecular formula is C19H34ClN3O. The molecule has 1 amide bonds. The van der Waals surface area contributed by atoms with Crippen LogP contribution in [0.4, 0.5) is 0 Å². The lowest BCUT2D eigenvalue weighted by Gasteiger charge is -2.20. The van der Waals surface area contributed by atoms with Gasteiger partial charge >= 0.3 is 0 Å². The van der Waals surface area contributed by atoms with Gasteiger partial charge in [0.2, 0.25) is 5.91 Å². The van der Waals surface area contributed by atoms with Crippen LogP contribution in [0.1, 0.15) is 51.7 Å². The number of carbonyl (C=O) groups excluding carboxylic acids is 1. The van der Waals surface area contributed by atoms with Crippen LogP contribution in [-0.4, -0.2) is 29.9 Å². The molecule has 0 aliphatic carbocycles. The average Bonchev–Trinajstić information content (AvgIpc) is 2.55. The van der Waals surface area contributed by atoms with Crippen LogP contribution in [0.25, 0.3) is 0 Å². The first-order chi connectivity index (χ1) is 11.0. The number of amides is 1. The van der Waals surface area contributed by atoms with E-state index in [4.69, 9.17) is 5.73 Å². The summed E-state index contributed by atoms with van der Waals surface area (Å²) in [6.07, 6.45) is 2.45. The molecule has 4 nitrogen and oxygen atoms in total. The van der Waals surface area contributed by atoms with Gasteiger partial charge in [-0.1, -0.05) is 58.4 Å². The maximum atomic E-state index is 11.9. The number of benzene rings is 1. The third-order valence-corrected chi connectivity index (χ3v) is 4.16. The van der Waals surface area contributed by atoms with Gasteiger partial charge in [-0.05, 0) is 36.6 Å². The van der Waals surface area contributed by atoms with Crippen molar-refractivity contribution >= 4 is 18.3 Å². The molecule has 0 bridgehead atoms. The lowest BCUT2D eigenvalue weighted by Crippen LogP contribution is -2.43. The van der Waals surface area contributed by atoms with Crippen molar-refractivity contribution < 1.29 is 4.79 Å². The number of nitrogens with zero attached hydrogens (tertiary/aromatic N) is 1. The molecule has 0 spiro atoms. The second kappa shape index (κ2) is 12.3. The Hall–Kier alpha value is -1.10. The van der Waals surface area contributed by atoms with Gasteiger partial charge in [0, 0.05) is 13.1 Å². The fourth-order valence-electron chi connectivity index (χ4n) is 2.44. The first kappa shape index (κ1) is 22.9. The Bertz CT molecular complexity index is 479. The molecule has 1 rings (SSSR count). The van der Waals surface area contributed by atoms with Gasteiger partial charge < -0.3 is 11.1 Å². The number of nitrogens with one attached hydrogen (secondary N) is 1. The molecule has 0 aliphatic heterocycles. The van der Waals surface area contributed by atoms with Gasteiger partial charge in [-0.3, -0.25) is 9.69 Å². The monoisotopic (exact) mass is 355 g/mol. The number of unbranched alkanes of at least 4 members (excludes halogenated alkanes) is 1. The highest BCUT2D eigenvalue weighted by Crippen LogP contribution is 2.10. The standard InChI is InChI=1S/C19H33N3O.ClH/c1-5-7-11-22(6-2)14-17-10-8-9-16(12-17)13-21-19(23)18(20)15(3)4;/h8-10,12,15,18H,5-7,11,13-14,20H2,1-4H3,(H,21,23);1H/t18-;/m0./s1. The maximum absolute atomic E-state index is 11.9. The highest BCUT2D eigenvalue weighted by molar-refractivity contribution is 5.85. The molecule has 0 fully saturated rings. The quantitative estimate of drug-likeness (QED) is 0.676. The van der Waals surface area contributed by atoms with Crippen LogP contribution in [0, 0.1) is 5.92 Å². The summed E-state index contributed by atoms with van der Waals surface area (Å²) in [6.45, 7) is 12.0. The van der Waals surface area contributed by atoms with Gasteiger partial charge in [0.05, 0.1) is 6.04 Å². The molecule has 5 heteroatoms. The Morgan fingerprint density at radius 1 is 1.25 bits per heavy atom. The van der Waals surface area contributed by atoms with E-state index in [0.717, 1.165) is 25.2 Å². The van der Waals surface area contributed by atoms with E-state index >= 15 is 0 Å². The zero-order valence-corrected chi connectivity index (χ0v) is 16.4. The van der Waals surface area contributed by atoms with Crippen LogP contribution in [0.5, 0.6) is 0 Å². The van der Waals surface area contributed by atoms with E-state index in [1.165, 1.54) is 18.4 Å². The van der Waals surface area contributed by atoms with E-state index in [0.29, 0.717) is 6.54 Å². The Morgan fingerprint density at radius 2 is 1.92 bits per heavy atom. The van der Waals surface area contributed by atoms with E-state index in [2.05, 4.69) is 42.3 Å². The van der Waals surface area contributed by atoms with Gasteiger partial charge in [-0.25, -0.2) is 0 Å². The first-order valence-corrected chi connectivity index (χ1v) is 8.81. The van der Waals surface area contributed by atoms with Gasteiger partial charge in [0.1, 0.15) is 0 Å². The van der Waals surface area contributed by atoms with Gasteiger partial charge in [-0.15, -0.1) is 12.4 Å². The summed E-state index contributed by atoms with van der Waals surface area (Å²) in [7, 11) is 0. The third-order valence-electron chi connectivity index (χ3n) is 4.16. The van der Waals surface area contributed by atoms with Crippen LogP contribution < -0.4 is 11.1 Å². The molecule has 0 saturated carbocycles. The summed E-state index contributed by atoms with van der Waals surface area (Å²) in [6, 6.07) is 8.00. The smallest absolute Gasteiger partial charge is 0.237 e. The number of halogens is 1. The topological polar surface area (TPSA) is 58.4 Å². The molecule has 0 unspecified atom stereocenters. The minimum atomic E-state index is -0.442. The van der Waals surface area contributed by atoms with Crippen LogP contribution >= 0.6 is 12.4 Å². The molecule has 0 heterocycles. The van der Waals surface area contributed by atoms with Gasteiger partial charge in [0.25, 0.3) is 0 Å². The van der Waals surface area contributed by atoms with Crippen molar-refractivity contribution in [3.63, 3.8) is 0 Å². The third kappa shape index (κ3) is 8.13. The normalized spacial score (nSPS) is 12.1. The van der Waals surface area contributed by atoms with Gasteiger partial charge in [0.15, 0.2) is 0 Å². The first-order valence-electron chi connectivity index (χ1n) is 8.81. The summed E-state index contributed by atoms with van der Waals surface area (Å²) in [5.74, 6) is 0.0709. The molecule has 1 aromatic carbocycles. The fourth-order valence-corrected chi connectivity index (χ4v) is 2.44. The van der Waals surface area contributed by atoms with Crippen molar-refractivity contribution in [1.82, 2.24) is 10.2 Å². The summed E-state index contributed by atoms with van der Waals surface area (Å²) < 4.78 is 0. The predicted octanol–water partition coefficient (Wildman–Crippen LogP) is 3.33. The predicted molar refractivity (Wildman–Crippen MR) is 104 cm³/mol. The number of carbonyl (C=O) groups is 1. The van der Waals surface area contributed by atoms with Crippen molar-refractivity contribution in [2.45, 2.75) is 59.7 Å². The molecule has 1 aromatic rings. The van der Waals surface area contributed by atoms with E-state index in [-0.39, 0.29) is 24.2 Å². The highest BCUT2D eigenvalue weighted by Gasteiger charge is 2.16. The van der Waals surface area contributed by atoms with Crippen molar-refractivity contribution in [2.75, 3.05) is 13.1 Å². The fraction of sp³-hybridized carbons (Fsp3) is 0.632. The zero-order valence-electron chi connectivity index (χ0n) is 15.5. The van der Waals surface area contributed by atoms with E-state index in [1.54, 1.807) is 0 Å². The molecule has 1 atom stereocenters. The largest absolute Gasteiger partial charge is 0.351 e. The van der Waals surface area contributed by atoms with Crippen molar-refractivity contribution in [2.24, 2.45) is 11.7 Å². The number of nitrogens with two attached hydrogens (primary N) is 1. The lowest BCUT2D eigenvalue weighted by molar-refractivity contribution is -0.123. The van der Waals surface area contributed by atoms with Crippen molar-refractivity contribution in [3.05, 3.63) is 35.4 Å². The Balaban J connectivity index is 0.00000529. The molecule has 3 N–H and O–H groups in total. The number of rotatable bonds is 10. The molecule has 138 valence electrons. The van der Waals surface area contributed by atoms with Crippen LogP contribution in [0.15, 0.2) is 24.3 Å². The molecule has 0 saturated heterocycles. The minimum Gasteiger partial charge on any atom is -0.351 e. The number of hydrogen-bond donors (Lipinski definition) is 2. The van der Waals surface area contributed by atoms with E-state index in [9.17, 15) is 4.79 Å². The number of hydrogen-bond acceptors (Lipinski definition) is 3. The average molecular weight is 356 g/mol. The Kier molecular flexibility index (Phi) is 11.7. The molecule has 24 heavy (non-hydrogen) atoms. The second-order valence-electron chi connectivity index (χ2n) is 6.53. The summed E-state index contributed by atoms with van der Waals surface area (Å²) in [4.78, 5) is 14.4. The summed E-state index contributed by atoms with van der Waals surface area (Å²) in [5.41, 5.74) is 8.28. The summed E-state index contributed by atoms with van der Waals surface area (Å²) in [5, 5.41) is 2.93. The van der Waals surface area contributed by atoms with Crippen LogP contribution in [0.2, 0.25) is 0 Å².